The van der Waals surface area contributed by atoms with Crippen molar-refractivity contribution in [1.82, 2.24) is 25.1 Å². The van der Waals surface area contributed by atoms with E-state index in [4.69, 9.17) is 0 Å². The van der Waals surface area contributed by atoms with Crippen LogP contribution in [0.2, 0.25) is 0 Å². The monoisotopic (exact) mass is 437 g/mol. The van der Waals surface area contributed by atoms with Crippen LogP contribution in [0.15, 0.2) is 78.5 Å². The molecular weight excluding hydrogens is 414 g/mol. The maximum atomic E-state index is 4.66. The molecule has 5 aromatic rings. The fourth-order valence-electron chi connectivity index (χ4n) is 3.89. The highest BCUT2D eigenvalue weighted by molar-refractivity contribution is 7.13. The van der Waals surface area contributed by atoms with Crippen molar-refractivity contribution < 1.29 is 0 Å². The summed E-state index contributed by atoms with van der Waals surface area (Å²) in [7, 11) is 0. The Labute approximate surface area is 190 Å². The molecule has 5 heterocycles. The molecule has 32 heavy (non-hydrogen) atoms. The molecule has 0 saturated carbocycles. The molecule has 6 heteroatoms. The summed E-state index contributed by atoms with van der Waals surface area (Å²) in [5.41, 5.74) is 7.86. The number of H-pyrrole nitrogens is 2. The third-order valence-electron chi connectivity index (χ3n) is 5.64. The number of hydrogen-bond acceptors (Lipinski definition) is 4. The van der Waals surface area contributed by atoms with E-state index in [0.717, 1.165) is 51.0 Å². The molecule has 158 valence electrons. The van der Waals surface area contributed by atoms with E-state index in [0.29, 0.717) is 0 Å². The molecule has 0 spiro atoms. The predicted molar refractivity (Wildman–Crippen MR) is 135 cm³/mol. The van der Waals surface area contributed by atoms with E-state index in [2.05, 4.69) is 86.5 Å². The smallest absolute Gasteiger partial charge is 0.138 e. The van der Waals surface area contributed by atoms with Crippen molar-refractivity contribution in [2.75, 3.05) is 0 Å². The molecule has 0 unspecified atom stereocenters. The van der Waals surface area contributed by atoms with Crippen molar-refractivity contribution in [2.24, 2.45) is 0 Å². The molecule has 0 amide bonds. The molecular formula is C26H23N5S. The molecule has 0 aliphatic carbocycles. The Kier molecular flexibility index (Phi) is 5.29. The Morgan fingerprint density at radius 2 is 2.09 bits per heavy atom. The normalized spacial score (nSPS) is 12.7. The van der Waals surface area contributed by atoms with Crippen molar-refractivity contribution in [3.8, 4) is 21.8 Å². The van der Waals surface area contributed by atoms with Crippen LogP contribution in [0.4, 0.5) is 0 Å². The zero-order chi connectivity index (χ0) is 22.1. The van der Waals surface area contributed by atoms with Crippen molar-refractivity contribution in [3.63, 3.8) is 0 Å². The molecule has 0 atom stereocenters. The van der Waals surface area contributed by atoms with E-state index in [1.807, 2.05) is 25.4 Å². The number of rotatable bonds is 6. The highest BCUT2D eigenvalue weighted by atomic mass is 32.1. The highest BCUT2D eigenvalue weighted by Crippen LogP contribution is 2.35. The van der Waals surface area contributed by atoms with Gasteiger partial charge in [0.25, 0.3) is 0 Å². The fourth-order valence-corrected chi connectivity index (χ4v) is 4.66. The van der Waals surface area contributed by atoms with E-state index in [1.54, 1.807) is 11.3 Å². The van der Waals surface area contributed by atoms with E-state index in [1.165, 1.54) is 16.0 Å². The summed E-state index contributed by atoms with van der Waals surface area (Å²) < 4.78 is 0. The second kappa shape index (κ2) is 8.40. The first-order valence-electron chi connectivity index (χ1n) is 10.6. The van der Waals surface area contributed by atoms with Gasteiger partial charge >= 0.3 is 0 Å². The van der Waals surface area contributed by atoms with Gasteiger partial charge in [-0.1, -0.05) is 31.7 Å². The number of fused-ring (bicyclic) bond motifs is 2. The summed E-state index contributed by atoms with van der Waals surface area (Å²) in [4.78, 5) is 13.9. The van der Waals surface area contributed by atoms with Gasteiger partial charge < -0.3 is 4.98 Å². The molecule has 0 aliphatic heterocycles. The SMILES string of the molecule is C=C/C(=C\C(=C/C)c1cc2c(-c3cc4c(-c5cccs5)ccnc4[nH]3)n[nH]c2cn1)CC. The summed E-state index contributed by atoms with van der Waals surface area (Å²) in [6.07, 6.45) is 10.7. The first-order chi connectivity index (χ1) is 15.7. The fraction of sp³-hybridized carbons (Fsp3) is 0.115. The van der Waals surface area contributed by atoms with E-state index < -0.39 is 0 Å². The lowest BCUT2D eigenvalue weighted by Gasteiger charge is -2.04. The van der Waals surface area contributed by atoms with Crippen molar-refractivity contribution >= 4 is 38.8 Å². The number of nitrogens with one attached hydrogen (secondary N) is 2. The topological polar surface area (TPSA) is 70.2 Å². The summed E-state index contributed by atoms with van der Waals surface area (Å²) in [6.45, 7) is 8.07. The van der Waals surface area contributed by atoms with Crippen LogP contribution in [0.25, 0.3) is 49.3 Å². The summed E-state index contributed by atoms with van der Waals surface area (Å²) in [5.74, 6) is 0. The largest absolute Gasteiger partial charge is 0.338 e. The van der Waals surface area contributed by atoms with Crippen LogP contribution in [0.5, 0.6) is 0 Å². The van der Waals surface area contributed by atoms with Crippen molar-refractivity contribution in [1.29, 1.82) is 0 Å². The summed E-state index contributed by atoms with van der Waals surface area (Å²) in [5, 5.41) is 11.9. The molecule has 5 nitrogen and oxygen atoms in total. The Bertz CT molecular complexity index is 1480. The average molecular weight is 438 g/mol. The van der Waals surface area contributed by atoms with Gasteiger partial charge in [-0.25, -0.2) is 4.98 Å². The highest BCUT2D eigenvalue weighted by Gasteiger charge is 2.15. The zero-order valence-electron chi connectivity index (χ0n) is 18.0. The van der Waals surface area contributed by atoms with Gasteiger partial charge in [0.1, 0.15) is 11.3 Å². The van der Waals surface area contributed by atoms with Gasteiger partial charge in [0, 0.05) is 27.4 Å². The van der Waals surface area contributed by atoms with Crippen LogP contribution < -0.4 is 0 Å². The van der Waals surface area contributed by atoms with Gasteiger partial charge in [-0.05, 0) is 60.2 Å². The Morgan fingerprint density at radius 3 is 2.84 bits per heavy atom. The van der Waals surface area contributed by atoms with Gasteiger partial charge in [-0.3, -0.25) is 10.1 Å². The number of aromatic nitrogens is 5. The maximum Gasteiger partial charge on any atom is 0.138 e. The van der Waals surface area contributed by atoms with Crippen LogP contribution >= 0.6 is 11.3 Å². The van der Waals surface area contributed by atoms with E-state index >= 15 is 0 Å². The quantitative estimate of drug-likeness (QED) is 0.277. The molecule has 0 fully saturated rings. The number of pyridine rings is 2. The minimum atomic E-state index is 0.854. The predicted octanol–water partition coefficient (Wildman–Crippen LogP) is 7.16. The average Bonchev–Trinajstić information content (AvgIpc) is 3.58. The molecule has 0 saturated heterocycles. The Balaban J connectivity index is 1.63. The molecule has 0 bridgehead atoms. The van der Waals surface area contributed by atoms with Gasteiger partial charge in [0.05, 0.1) is 23.1 Å². The molecule has 2 N–H and O–H groups in total. The van der Waals surface area contributed by atoms with Gasteiger partial charge in [-0.15, -0.1) is 11.3 Å². The Morgan fingerprint density at radius 1 is 1.19 bits per heavy atom. The standard InChI is InChI=1S/C26H23N5S/c1-4-16(5-2)12-17(6-3)21-14-20-23(15-28-21)30-31-25(20)22-13-19-18(24-8-7-11-32-24)9-10-27-26(19)29-22/h4,6-15H,1,5H2,2-3H3,(H,27,29)(H,30,31)/b16-12+,17-6+. The Hall–Kier alpha value is -3.77. The number of nitrogens with zero attached hydrogens (tertiary/aromatic N) is 3. The number of hydrogen-bond donors (Lipinski definition) is 2. The minimum Gasteiger partial charge on any atom is -0.338 e. The lowest BCUT2D eigenvalue weighted by Crippen LogP contribution is -1.89. The maximum absolute atomic E-state index is 4.66. The molecule has 0 aliphatic rings. The number of aromatic amines is 2. The summed E-state index contributed by atoms with van der Waals surface area (Å²) >= 11 is 1.73. The second-order valence-electron chi connectivity index (χ2n) is 7.49. The third kappa shape index (κ3) is 3.48. The molecule has 0 radical (unpaired) electrons. The lowest BCUT2D eigenvalue weighted by atomic mass is 10.0. The minimum absolute atomic E-state index is 0.854. The van der Waals surface area contributed by atoms with Gasteiger partial charge in [-0.2, -0.15) is 5.10 Å². The first-order valence-corrected chi connectivity index (χ1v) is 11.5. The van der Waals surface area contributed by atoms with E-state index in [9.17, 15) is 0 Å². The molecule has 5 aromatic heterocycles. The van der Waals surface area contributed by atoms with Crippen LogP contribution in [0.1, 0.15) is 26.0 Å². The molecule has 0 aromatic carbocycles. The van der Waals surface area contributed by atoms with Crippen molar-refractivity contribution in [3.05, 3.63) is 84.2 Å². The number of allylic oxidation sites excluding steroid dienone is 5. The van der Waals surface area contributed by atoms with Crippen LogP contribution in [-0.2, 0) is 0 Å². The third-order valence-corrected chi connectivity index (χ3v) is 6.54. The van der Waals surface area contributed by atoms with Crippen LogP contribution in [0, 0.1) is 0 Å². The van der Waals surface area contributed by atoms with E-state index in [-0.39, 0.29) is 0 Å². The van der Waals surface area contributed by atoms with Crippen LogP contribution in [0.3, 0.4) is 0 Å². The number of thiophene rings is 1. The zero-order valence-corrected chi connectivity index (χ0v) is 18.8. The van der Waals surface area contributed by atoms with Gasteiger partial charge in [0.2, 0.25) is 0 Å². The first kappa shape index (κ1) is 20.2. The summed E-state index contributed by atoms with van der Waals surface area (Å²) in [6, 6.07) is 10.5. The molecule has 5 rings (SSSR count). The second-order valence-corrected chi connectivity index (χ2v) is 8.44. The van der Waals surface area contributed by atoms with Gasteiger partial charge in [0.15, 0.2) is 0 Å². The van der Waals surface area contributed by atoms with Crippen molar-refractivity contribution in [2.45, 2.75) is 20.3 Å². The lowest BCUT2D eigenvalue weighted by molar-refractivity contribution is 1.11. The van der Waals surface area contributed by atoms with Crippen LogP contribution in [-0.4, -0.2) is 25.1 Å².